The largest absolute Gasteiger partial charge is 0.524 e. The highest BCUT2D eigenvalue weighted by atomic mass is 28.4. The van der Waals surface area contributed by atoms with Crippen LogP contribution in [0.1, 0.15) is 107 Å². The molecule has 0 radical (unpaired) electrons. The van der Waals surface area contributed by atoms with Gasteiger partial charge in [-0.25, -0.2) is 0 Å². The van der Waals surface area contributed by atoms with Gasteiger partial charge >= 0.3 is 17.6 Å². The van der Waals surface area contributed by atoms with Crippen molar-refractivity contribution in [1.82, 2.24) is 15.0 Å². The first-order chi connectivity index (χ1) is 21.4. The lowest BCUT2D eigenvalue weighted by molar-refractivity contribution is 0.0625. The van der Waals surface area contributed by atoms with E-state index in [0.29, 0.717) is 70.6 Å². The van der Waals surface area contributed by atoms with E-state index in [2.05, 4.69) is 29.8 Å². The van der Waals surface area contributed by atoms with Gasteiger partial charge in [-0.2, -0.15) is 15.0 Å². The zero-order valence-electron chi connectivity index (χ0n) is 28.8. The molecule has 2 atom stereocenters. The number of hydrogen-bond donors (Lipinski definition) is 4. The van der Waals surface area contributed by atoms with Crippen molar-refractivity contribution in [3.8, 4) is 0 Å². The number of unbranched alkanes of at least 4 members (excludes halogenated alkanes) is 4. The summed E-state index contributed by atoms with van der Waals surface area (Å²) in [6, 6.07) is 0. The maximum Gasteiger partial charge on any atom is 0.524 e. The molecule has 0 fully saturated rings. The number of nitrogens with zero attached hydrogens (tertiary/aromatic N) is 3. The molecule has 258 valence electrons. The van der Waals surface area contributed by atoms with E-state index >= 15 is 0 Å². The minimum Gasteiger partial charge on any atom is -0.373 e. The Bertz CT molecular complexity index is 770. The van der Waals surface area contributed by atoms with E-state index in [1.165, 1.54) is 0 Å². The Morgan fingerprint density at radius 3 is 1.18 bits per heavy atom. The van der Waals surface area contributed by atoms with Crippen LogP contribution in [0.2, 0.25) is 0 Å². The van der Waals surface area contributed by atoms with Gasteiger partial charge in [0.15, 0.2) is 0 Å². The summed E-state index contributed by atoms with van der Waals surface area (Å²) >= 11 is 0. The highest BCUT2D eigenvalue weighted by molar-refractivity contribution is 6.63. The maximum atomic E-state index is 6.31. The van der Waals surface area contributed by atoms with Gasteiger partial charge < -0.3 is 48.2 Å². The Kier molecular flexibility index (Phi) is 22.0. The van der Waals surface area contributed by atoms with Crippen LogP contribution >= 0.6 is 0 Å². The van der Waals surface area contributed by atoms with E-state index in [1.807, 2.05) is 41.5 Å². The summed E-state index contributed by atoms with van der Waals surface area (Å²) < 4.78 is 37.9. The predicted octanol–water partition coefficient (Wildman–Crippen LogP) is 5.14. The molecule has 0 amide bonds. The number of hydrogen-bond acceptors (Lipinski definition) is 13. The maximum absolute atomic E-state index is 6.31. The van der Waals surface area contributed by atoms with E-state index in [1.54, 1.807) is 0 Å². The average Bonchev–Trinajstić information content (AvgIpc) is 3.00. The number of nitrogens with one attached hydrogen (secondary N) is 3. The van der Waals surface area contributed by atoms with E-state index in [0.717, 1.165) is 51.4 Å². The molecule has 15 heteroatoms. The summed E-state index contributed by atoms with van der Waals surface area (Å²) in [5.41, 5.74) is 5.30. The molecule has 0 aromatic carbocycles. The van der Waals surface area contributed by atoms with Gasteiger partial charge in [0, 0.05) is 52.7 Å². The van der Waals surface area contributed by atoms with Crippen molar-refractivity contribution in [2.75, 3.05) is 68.7 Å². The van der Waals surface area contributed by atoms with Gasteiger partial charge in [0.25, 0.3) is 0 Å². The van der Waals surface area contributed by atoms with E-state index in [-0.39, 0.29) is 11.3 Å². The molecule has 44 heavy (non-hydrogen) atoms. The van der Waals surface area contributed by atoms with Crippen LogP contribution in [-0.4, -0.2) is 96.6 Å². The van der Waals surface area contributed by atoms with Gasteiger partial charge in [-0.15, -0.1) is 0 Å². The summed E-state index contributed by atoms with van der Waals surface area (Å²) in [7, 11) is -6.32. The van der Waals surface area contributed by atoms with Crippen LogP contribution in [0.4, 0.5) is 17.8 Å². The Morgan fingerprint density at radius 2 is 0.886 bits per heavy atom. The Labute approximate surface area is 269 Å². The lowest BCUT2D eigenvalue weighted by Crippen LogP contribution is -2.60. The van der Waals surface area contributed by atoms with Crippen molar-refractivity contribution in [1.29, 1.82) is 0 Å². The molecule has 0 bridgehead atoms. The first-order valence-electron chi connectivity index (χ1n) is 16.9. The minimum absolute atomic E-state index is 0.254. The molecule has 13 nitrogen and oxygen atoms in total. The SMILES string of the molecule is CCCCCC(Nc1nc(NCCN)nc(NC(CCCCC)[Si](OCC)(OCC)OCC)n1)[Si](OCC)(OCC)OCC. The third kappa shape index (κ3) is 13.5. The van der Waals surface area contributed by atoms with Crippen LogP contribution in [0.15, 0.2) is 0 Å². The third-order valence-electron chi connectivity index (χ3n) is 6.79. The molecular weight excluding hydrogens is 599 g/mol. The predicted molar refractivity (Wildman–Crippen MR) is 182 cm³/mol. The molecule has 0 aliphatic heterocycles. The van der Waals surface area contributed by atoms with Gasteiger partial charge in [0.2, 0.25) is 17.8 Å². The summed E-state index contributed by atoms with van der Waals surface area (Å²) in [4.78, 5) is 14.3. The van der Waals surface area contributed by atoms with Crippen LogP contribution < -0.4 is 21.7 Å². The molecule has 0 saturated carbocycles. The standard InChI is InChI=1S/C29H63N7O6Si2/c1-9-17-19-21-25(43(37-11-3,38-12-4)39-13-5)32-28-34-27(31-24-23-30)35-29(36-28)33-26(22-20-18-10-2)44(40-14-6,41-15-7)42-16-8/h25-26H,9-24,30H2,1-8H3,(H3,31,32,33,34,35,36). The number of anilines is 3. The van der Waals surface area contributed by atoms with Crippen LogP contribution in [0.25, 0.3) is 0 Å². The summed E-state index contributed by atoms with van der Waals surface area (Å²) in [5.74, 6) is 1.19. The van der Waals surface area contributed by atoms with Crippen molar-refractivity contribution in [3.63, 3.8) is 0 Å². The van der Waals surface area contributed by atoms with Crippen molar-refractivity contribution >= 4 is 35.5 Å². The van der Waals surface area contributed by atoms with Gasteiger partial charge in [-0.1, -0.05) is 52.4 Å². The van der Waals surface area contributed by atoms with Crippen LogP contribution in [0, 0.1) is 0 Å². The monoisotopic (exact) mass is 661 g/mol. The molecule has 0 aliphatic rings. The second kappa shape index (κ2) is 23.8. The van der Waals surface area contributed by atoms with Crippen LogP contribution in [-0.2, 0) is 26.6 Å². The summed E-state index contributed by atoms with van der Waals surface area (Å²) in [6.07, 6.45) is 7.89. The van der Waals surface area contributed by atoms with Gasteiger partial charge in [0.05, 0.1) is 11.3 Å². The van der Waals surface area contributed by atoms with Gasteiger partial charge in [-0.05, 0) is 54.4 Å². The Hall–Kier alpha value is -1.44. The molecule has 1 heterocycles. The molecule has 2 unspecified atom stereocenters. The highest BCUT2D eigenvalue weighted by Crippen LogP contribution is 2.26. The second-order valence-electron chi connectivity index (χ2n) is 10.2. The lowest BCUT2D eigenvalue weighted by atomic mass is 10.2. The molecule has 0 spiro atoms. The van der Waals surface area contributed by atoms with Crippen molar-refractivity contribution in [2.24, 2.45) is 5.73 Å². The Balaban J connectivity index is 3.64. The summed E-state index contributed by atoms with van der Waals surface area (Å²) in [5, 5.41) is 10.3. The summed E-state index contributed by atoms with van der Waals surface area (Å²) in [6.45, 7) is 20.0. The smallest absolute Gasteiger partial charge is 0.373 e. The quantitative estimate of drug-likeness (QED) is 0.0662. The van der Waals surface area contributed by atoms with Crippen molar-refractivity contribution < 1.29 is 26.6 Å². The zero-order valence-corrected chi connectivity index (χ0v) is 30.8. The topological polar surface area (TPSA) is 156 Å². The number of nitrogens with two attached hydrogens (primary N) is 1. The van der Waals surface area contributed by atoms with E-state index in [9.17, 15) is 0 Å². The van der Waals surface area contributed by atoms with Crippen LogP contribution in [0.3, 0.4) is 0 Å². The second-order valence-corrected chi connectivity index (χ2v) is 15.8. The first-order valence-corrected chi connectivity index (χ1v) is 20.5. The number of rotatable bonds is 29. The minimum atomic E-state index is -3.16. The molecule has 1 rings (SSSR count). The first kappa shape index (κ1) is 40.6. The highest BCUT2D eigenvalue weighted by Gasteiger charge is 2.51. The van der Waals surface area contributed by atoms with Crippen LogP contribution in [0.5, 0.6) is 0 Å². The molecule has 0 saturated heterocycles. The van der Waals surface area contributed by atoms with Crippen molar-refractivity contribution in [3.05, 3.63) is 0 Å². The Morgan fingerprint density at radius 1 is 0.545 bits per heavy atom. The molecule has 0 aliphatic carbocycles. The fourth-order valence-electron chi connectivity index (χ4n) is 5.01. The third-order valence-corrected chi connectivity index (χ3v) is 13.5. The zero-order chi connectivity index (χ0) is 32.7. The van der Waals surface area contributed by atoms with E-state index in [4.69, 9.17) is 47.2 Å². The average molecular weight is 662 g/mol. The molecular formula is C29H63N7O6Si2. The molecule has 5 N–H and O–H groups in total. The normalized spacial score (nSPS) is 13.6. The fraction of sp³-hybridized carbons (Fsp3) is 0.897. The van der Waals surface area contributed by atoms with E-state index < -0.39 is 17.6 Å². The molecule has 1 aromatic heterocycles. The number of aromatic nitrogens is 3. The van der Waals surface area contributed by atoms with Gasteiger partial charge in [0.1, 0.15) is 0 Å². The fourth-order valence-corrected chi connectivity index (χ4v) is 10.9. The lowest BCUT2D eigenvalue weighted by Gasteiger charge is -2.36. The molecule has 1 aromatic rings. The van der Waals surface area contributed by atoms with Gasteiger partial charge in [-0.3, -0.25) is 0 Å². The van der Waals surface area contributed by atoms with Crippen molar-refractivity contribution in [2.45, 2.75) is 118 Å².